The van der Waals surface area contributed by atoms with Gasteiger partial charge in [0.2, 0.25) is 5.95 Å². The lowest BCUT2D eigenvalue weighted by Gasteiger charge is -2.13. The number of carbonyl (C=O) groups is 1. The fourth-order valence-corrected chi connectivity index (χ4v) is 3.83. The van der Waals surface area contributed by atoms with Crippen molar-refractivity contribution in [2.45, 2.75) is 24.7 Å². The highest BCUT2D eigenvalue weighted by Gasteiger charge is 2.29. The molecule has 0 aliphatic heterocycles. The number of carbonyl (C=O) groups excluding carboxylic acids is 1. The number of aliphatic hydroxyl groups excluding tert-OH is 1. The Morgan fingerprint density at radius 1 is 1.24 bits per heavy atom. The Hall–Kier alpha value is -3.86. The SMILES string of the molecule is Cn1nc(-c2ccc(C(=O)NCC(F)(F)CO)cc2)nc1Nc1ccc2[nH]ncc2c1C1CC1. The molecule has 1 saturated carbocycles. The summed E-state index contributed by atoms with van der Waals surface area (Å²) < 4.78 is 27.9. The van der Waals surface area contributed by atoms with Crippen molar-refractivity contribution in [1.82, 2.24) is 30.3 Å². The minimum atomic E-state index is -3.36. The fraction of sp³-hybridized carbons (Fsp3) is 0.304. The van der Waals surface area contributed by atoms with Crippen LogP contribution in [0.1, 0.15) is 34.7 Å². The molecule has 1 aliphatic carbocycles. The number of fused-ring (bicyclic) bond motifs is 1. The van der Waals surface area contributed by atoms with E-state index in [1.807, 2.05) is 18.3 Å². The highest BCUT2D eigenvalue weighted by molar-refractivity contribution is 5.94. The molecule has 0 spiro atoms. The van der Waals surface area contributed by atoms with E-state index in [4.69, 9.17) is 5.11 Å². The molecule has 2 heterocycles. The number of aliphatic hydroxyl groups is 1. The Labute approximate surface area is 193 Å². The van der Waals surface area contributed by atoms with E-state index >= 15 is 0 Å². The average molecular weight is 467 g/mol. The van der Waals surface area contributed by atoms with E-state index in [0.717, 1.165) is 29.4 Å². The van der Waals surface area contributed by atoms with E-state index in [0.29, 0.717) is 23.3 Å². The van der Waals surface area contributed by atoms with Crippen LogP contribution in [0.4, 0.5) is 20.4 Å². The van der Waals surface area contributed by atoms with Crippen molar-refractivity contribution in [1.29, 1.82) is 0 Å². The minimum absolute atomic E-state index is 0.217. The number of aryl methyl sites for hydroxylation is 1. The molecule has 5 rings (SSSR count). The predicted octanol–water partition coefficient (Wildman–Crippen LogP) is 3.34. The number of hydrogen-bond acceptors (Lipinski definition) is 6. The van der Waals surface area contributed by atoms with Crippen LogP contribution in [0.3, 0.4) is 0 Å². The second-order valence-electron chi connectivity index (χ2n) is 8.41. The van der Waals surface area contributed by atoms with Gasteiger partial charge in [0.15, 0.2) is 5.82 Å². The van der Waals surface area contributed by atoms with Gasteiger partial charge in [0.1, 0.15) is 6.61 Å². The molecule has 0 radical (unpaired) electrons. The van der Waals surface area contributed by atoms with Gasteiger partial charge in [0.05, 0.1) is 18.3 Å². The molecule has 176 valence electrons. The smallest absolute Gasteiger partial charge is 0.287 e. The summed E-state index contributed by atoms with van der Waals surface area (Å²) >= 11 is 0. The Kier molecular flexibility index (Phi) is 5.48. The Morgan fingerprint density at radius 3 is 2.71 bits per heavy atom. The second kappa shape index (κ2) is 8.49. The van der Waals surface area contributed by atoms with Gasteiger partial charge in [-0.15, -0.1) is 5.10 Å². The molecule has 1 aliphatic rings. The molecule has 0 unspecified atom stereocenters. The first-order valence-electron chi connectivity index (χ1n) is 10.9. The van der Waals surface area contributed by atoms with E-state index in [-0.39, 0.29) is 5.56 Å². The van der Waals surface area contributed by atoms with Crippen LogP contribution >= 0.6 is 0 Å². The number of amides is 1. The fourth-order valence-electron chi connectivity index (χ4n) is 3.83. The third kappa shape index (κ3) is 4.34. The topological polar surface area (TPSA) is 121 Å². The van der Waals surface area contributed by atoms with Crippen LogP contribution in [0.2, 0.25) is 0 Å². The highest BCUT2D eigenvalue weighted by Crippen LogP contribution is 2.47. The highest BCUT2D eigenvalue weighted by atomic mass is 19.3. The zero-order valence-corrected chi connectivity index (χ0v) is 18.3. The number of benzene rings is 2. The first kappa shape index (κ1) is 22.0. The van der Waals surface area contributed by atoms with Gasteiger partial charge in [-0.3, -0.25) is 9.89 Å². The normalized spacial score (nSPS) is 13.9. The number of nitrogens with zero attached hydrogens (tertiary/aromatic N) is 4. The molecule has 4 N–H and O–H groups in total. The molecule has 1 amide bonds. The van der Waals surface area contributed by atoms with Crippen LogP contribution in [0, 0.1) is 0 Å². The van der Waals surface area contributed by atoms with E-state index in [1.54, 1.807) is 23.9 Å². The lowest BCUT2D eigenvalue weighted by molar-refractivity contribution is -0.0462. The molecule has 4 aromatic rings. The van der Waals surface area contributed by atoms with Crippen LogP contribution in [0.25, 0.3) is 22.3 Å². The van der Waals surface area contributed by atoms with Gasteiger partial charge in [0, 0.05) is 29.2 Å². The summed E-state index contributed by atoms with van der Waals surface area (Å²) in [5, 5.41) is 26.9. The predicted molar refractivity (Wildman–Crippen MR) is 122 cm³/mol. The number of aromatic nitrogens is 5. The van der Waals surface area contributed by atoms with Crippen molar-refractivity contribution in [3.05, 3.63) is 53.7 Å². The Morgan fingerprint density at radius 2 is 2.00 bits per heavy atom. The molecular formula is C23H23F2N7O2. The van der Waals surface area contributed by atoms with E-state index in [2.05, 4.69) is 30.9 Å². The van der Waals surface area contributed by atoms with Gasteiger partial charge in [-0.2, -0.15) is 10.1 Å². The molecule has 34 heavy (non-hydrogen) atoms. The van der Waals surface area contributed by atoms with Crippen LogP contribution in [-0.2, 0) is 7.05 Å². The number of anilines is 2. The van der Waals surface area contributed by atoms with Crippen molar-refractivity contribution in [2.75, 3.05) is 18.5 Å². The van der Waals surface area contributed by atoms with E-state index < -0.39 is 25.0 Å². The summed E-state index contributed by atoms with van der Waals surface area (Å²) in [6.45, 7) is -2.26. The van der Waals surface area contributed by atoms with Crippen molar-refractivity contribution >= 4 is 28.4 Å². The van der Waals surface area contributed by atoms with Gasteiger partial charge in [0.25, 0.3) is 11.8 Å². The van der Waals surface area contributed by atoms with Gasteiger partial charge in [-0.1, -0.05) is 12.1 Å². The molecule has 11 heteroatoms. The summed E-state index contributed by atoms with van der Waals surface area (Å²) in [4.78, 5) is 16.7. The lowest BCUT2D eigenvalue weighted by atomic mass is 10.0. The third-order valence-corrected chi connectivity index (χ3v) is 5.81. The van der Waals surface area contributed by atoms with Crippen molar-refractivity contribution < 1.29 is 18.7 Å². The maximum Gasteiger partial charge on any atom is 0.287 e. The molecule has 0 saturated heterocycles. The number of hydrogen-bond donors (Lipinski definition) is 4. The molecule has 1 fully saturated rings. The molecule has 2 aromatic carbocycles. The first-order chi connectivity index (χ1) is 16.3. The van der Waals surface area contributed by atoms with E-state index in [9.17, 15) is 13.6 Å². The number of aromatic amines is 1. The quantitative estimate of drug-likeness (QED) is 0.315. The van der Waals surface area contributed by atoms with Crippen molar-refractivity contribution in [3.8, 4) is 11.4 Å². The summed E-state index contributed by atoms with van der Waals surface area (Å²) in [5.74, 6) is -2.50. The van der Waals surface area contributed by atoms with Gasteiger partial charge in [-0.05, 0) is 48.6 Å². The number of H-pyrrole nitrogens is 1. The number of rotatable bonds is 8. The van der Waals surface area contributed by atoms with Crippen LogP contribution in [-0.4, -0.2) is 55.0 Å². The Bertz CT molecular complexity index is 1340. The van der Waals surface area contributed by atoms with Gasteiger partial charge < -0.3 is 15.7 Å². The van der Waals surface area contributed by atoms with Gasteiger partial charge >= 0.3 is 0 Å². The number of halogens is 2. The summed E-state index contributed by atoms with van der Waals surface area (Å²) in [5.41, 5.74) is 4.07. The first-order valence-corrected chi connectivity index (χ1v) is 10.9. The van der Waals surface area contributed by atoms with Crippen molar-refractivity contribution in [2.24, 2.45) is 7.05 Å². The maximum absolute atomic E-state index is 13.1. The van der Waals surface area contributed by atoms with Gasteiger partial charge in [-0.25, -0.2) is 13.5 Å². The largest absolute Gasteiger partial charge is 0.390 e. The number of alkyl halides is 2. The summed E-state index contributed by atoms with van der Waals surface area (Å²) in [6.07, 6.45) is 4.13. The average Bonchev–Trinajstić information content (AvgIpc) is 3.45. The zero-order chi connectivity index (χ0) is 23.9. The molecular weight excluding hydrogens is 444 g/mol. The van der Waals surface area contributed by atoms with Crippen LogP contribution < -0.4 is 10.6 Å². The maximum atomic E-state index is 13.1. The molecule has 0 bridgehead atoms. The van der Waals surface area contributed by atoms with Crippen LogP contribution in [0.15, 0.2) is 42.6 Å². The summed E-state index contributed by atoms with van der Waals surface area (Å²) in [7, 11) is 1.79. The molecule has 2 aromatic heterocycles. The monoisotopic (exact) mass is 467 g/mol. The molecule has 9 nitrogen and oxygen atoms in total. The zero-order valence-electron chi connectivity index (χ0n) is 18.3. The Balaban J connectivity index is 1.34. The van der Waals surface area contributed by atoms with Crippen LogP contribution in [0.5, 0.6) is 0 Å². The standard InChI is InChI=1S/C23H23F2N7O2/c1-32-22(28-18-9-8-17-16(10-27-30-17)19(18)13-2-3-13)29-20(31-32)14-4-6-15(7-5-14)21(34)26-11-23(24,25)12-33/h4-10,13,33H,2-3,11-12H2,1H3,(H,26,34)(H,27,30)(H,28,29,31). The number of nitrogens with one attached hydrogen (secondary N) is 3. The minimum Gasteiger partial charge on any atom is -0.390 e. The third-order valence-electron chi connectivity index (χ3n) is 5.81. The molecule has 0 atom stereocenters. The van der Waals surface area contributed by atoms with Crippen molar-refractivity contribution in [3.63, 3.8) is 0 Å². The second-order valence-corrected chi connectivity index (χ2v) is 8.41. The summed E-state index contributed by atoms with van der Waals surface area (Å²) in [6, 6.07) is 10.3. The lowest BCUT2D eigenvalue weighted by Crippen LogP contribution is -2.38. The van der Waals surface area contributed by atoms with E-state index in [1.165, 1.54) is 17.7 Å².